The van der Waals surface area contributed by atoms with Gasteiger partial charge in [0.25, 0.3) is 0 Å². The highest BCUT2D eigenvalue weighted by molar-refractivity contribution is 5.92. The van der Waals surface area contributed by atoms with Gasteiger partial charge in [0.15, 0.2) is 5.78 Å². The van der Waals surface area contributed by atoms with E-state index in [1.807, 2.05) is 6.07 Å². The summed E-state index contributed by atoms with van der Waals surface area (Å²) in [5, 5.41) is 9.67. The predicted molar refractivity (Wildman–Crippen MR) is 88.8 cm³/mol. The first-order chi connectivity index (χ1) is 12.0. The molecular formula is C18H20O7. The summed E-state index contributed by atoms with van der Waals surface area (Å²) >= 11 is 0. The third-order valence-corrected chi connectivity index (χ3v) is 2.78. The van der Waals surface area contributed by atoms with E-state index in [0.29, 0.717) is 5.75 Å². The molecule has 1 aromatic rings. The van der Waals surface area contributed by atoms with E-state index in [9.17, 15) is 19.5 Å². The van der Waals surface area contributed by atoms with Crippen LogP contribution in [0.15, 0.2) is 55.1 Å². The zero-order valence-electron chi connectivity index (χ0n) is 13.6. The van der Waals surface area contributed by atoms with Crippen LogP contribution < -0.4 is 4.74 Å². The summed E-state index contributed by atoms with van der Waals surface area (Å²) in [6.45, 7) is 2.87. The Morgan fingerprint density at radius 3 is 2.32 bits per heavy atom. The number of allylic oxidation sites excluding steroid dienone is 1. The SMILES string of the molecule is C=CC(=O)CCOC(=O)C=CC(=O)OCC(O)COc1ccccc1. The van der Waals surface area contributed by atoms with Crippen molar-refractivity contribution in [3.8, 4) is 5.75 Å². The summed E-state index contributed by atoms with van der Waals surface area (Å²) in [4.78, 5) is 33.6. The van der Waals surface area contributed by atoms with Crippen molar-refractivity contribution in [3.05, 3.63) is 55.1 Å². The van der Waals surface area contributed by atoms with Gasteiger partial charge in [-0.2, -0.15) is 0 Å². The number of aliphatic hydroxyl groups is 1. The molecule has 0 aliphatic heterocycles. The molecule has 0 saturated heterocycles. The highest BCUT2D eigenvalue weighted by Crippen LogP contribution is 2.08. The lowest BCUT2D eigenvalue weighted by Gasteiger charge is -2.12. The van der Waals surface area contributed by atoms with E-state index in [2.05, 4.69) is 6.58 Å². The number of para-hydroxylation sites is 1. The summed E-state index contributed by atoms with van der Waals surface area (Å²) in [5.41, 5.74) is 0. The summed E-state index contributed by atoms with van der Waals surface area (Å²) < 4.78 is 14.8. The number of carbonyl (C=O) groups is 3. The third kappa shape index (κ3) is 9.72. The summed E-state index contributed by atoms with van der Waals surface area (Å²) in [7, 11) is 0. The Bertz CT molecular complexity index is 607. The second-order valence-corrected chi connectivity index (χ2v) is 4.83. The van der Waals surface area contributed by atoms with Gasteiger partial charge in [-0.1, -0.05) is 24.8 Å². The van der Waals surface area contributed by atoms with E-state index in [1.54, 1.807) is 24.3 Å². The smallest absolute Gasteiger partial charge is 0.331 e. The van der Waals surface area contributed by atoms with Crippen LogP contribution in [0.2, 0.25) is 0 Å². The van der Waals surface area contributed by atoms with Gasteiger partial charge in [0.2, 0.25) is 0 Å². The van der Waals surface area contributed by atoms with Crippen molar-refractivity contribution in [3.63, 3.8) is 0 Å². The zero-order chi connectivity index (χ0) is 18.5. The Balaban J connectivity index is 2.19. The van der Waals surface area contributed by atoms with Crippen molar-refractivity contribution in [1.82, 2.24) is 0 Å². The molecule has 0 aromatic heterocycles. The molecule has 0 radical (unpaired) electrons. The van der Waals surface area contributed by atoms with E-state index in [0.717, 1.165) is 18.2 Å². The van der Waals surface area contributed by atoms with Gasteiger partial charge < -0.3 is 19.3 Å². The Labute approximate surface area is 145 Å². The molecule has 0 saturated carbocycles. The molecule has 1 aromatic carbocycles. The number of carbonyl (C=O) groups excluding carboxylic acids is 3. The van der Waals surface area contributed by atoms with Crippen LogP contribution in [-0.2, 0) is 23.9 Å². The molecule has 0 spiro atoms. The molecule has 25 heavy (non-hydrogen) atoms. The zero-order valence-corrected chi connectivity index (χ0v) is 13.6. The number of esters is 2. The van der Waals surface area contributed by atoms with Crippen molar-refractivity contribution >= 4 is 17.7 Å². The molecule has 0 aliphatic rings. The van der Waals surface area contributed by atoms with E-state index in [4.69, 9.17) is 14.2 Å². The van der Waals surface area contributed by atoms with Gasteiger partial charge in [0.1, 0.15) is 25.1 Å². The molecule has 7 nitrogen and oxygen atoms in total. The number of ketones is 1. The first-order valence-electron chi connectivity index (χ1n) is 7.54. The van der Waals surface area contributed by atoms with Gasteiger partial charge in [0.05, 0.1) is 6.61 Å². The van der Waals surface area contributed by atoms with Crippen LogP contribution in [0.25, 0.3) is 0 Å². The highest BCUT2D eigenvalue weighted by Gasteiger charge is 2.09. The molecule has 134 valence electrons. The molecule has 0 amide bonds. The molecule has 7 heteroatoms. The Hall–Kier alpha value is -2.93. The van der Waals surface area contributed by atoms with Gasteiger partial charge in [0, 0.05) is 18.6 Å². The van der Waals surface area contributed by atoms with Crippen LogP contribution >= 0.6 is 0 Å². The second-order valence-electron chi connectivity index (χ2n) is 4.83. The molecule has 1 rings (SSSR count). The lowest BCUT2D eigenvalue weighted by Crippen LogP contribution is -2.24. The van der Waals surface area contributed by atoms with Crippen LogP contribution in [0, 0.1) is 0 Å². The topological polar surface area (TPSA) is 99.1 Å². The largest absolute Gasteiger partial charge is 0.491 e. The molecule has 1 N–H and O–H groups in total. The first kappa shape index (κ1) is 20.1. The monoisotopic (exact) mass is 348 g/mol. The fourth-order valence-corrected chi connectivity index (χ4v) is 1.52. The van der Waals surface area contributed by atoms with Crippen LogP contribution in [-0.4, -0.2) is 48.8 Å². The number of ether oxygens (including phenoxy) is 3. The normalized spacial score (nSPS) is 11.6. The van der Waals surface area contributed by atoms with Crippen molar-refractivity contribution in [2.45, 2.75) is 12.5 Å². The number of benzene rings is 1. The summed E-state index contributed by atoms with van der Waals surface area (Å²) in [5.74, 6) is -1.24. The van der Waals surface area contributed by atoms with Gasteiger partial charge >= 0.3 is 11.9 Å². The first-order valence-corrected chi connectivity index (χ1v) is 7.54. The van der Waals surface area contributed by atoms with E-state index < -0.39 is 18.0 Å². The van der Waals surface area contributed by atoms with E-state index >= 15 is 0 Å². The lowest BCUT2D eigenvalue weighted by atomic mass is 10.3. The summed E-state index contributed by atoms with van der Waals surface area (Å²) in [6, 6.07) is 8.88. The molecule has 1 atom stereocenters. The van der Waals surface area contributed by atoms with Gasteiger partial charge in [-0.25, -0.2) is 9.59 Å². The Morgan fingerprint density at radius 2 is 1.68 bits per heavy atom. The van der Waals surface area contributed by atoms with Crippen LogP contribution in [0.1, 0.15) is 6.42 Å². The number of hydrogen-bond donors (Lipinski definition) is 1. The minimum absolute atomic E-state index is 0.0289. The predicted octanol–water partition coefficient (Wildman–Crippen LogP) is 1.21. The molecule has 0 fully saturated rings. The van der Waals surface area contributed by atoms with Crippen molar-refractivity contribution < 1.29 is 33.7 Å². The Kier molecular flexibility index (Phi) is 9.32. The molecule has 0 heterocycles. The third-order valence-electron chi connectivity index (χ3n) is 2.78. The maximum absolute atomic E-state index is 11.4. The fourth-order valence-electron chi connectivity index (χ4n) is 1.52. The quantitative estimate of drug-likeness (QED) is 0.474. The fraction of sp³-hybridized carbons (Fsp3) is 0.278. The number of aliphatic hydroxyl groups excluding tert-OH is 1. The standard InChI is InChI=1S/C18H20O7/c1-2-14(19)10-11-23-17(21)8-9-18(22)25-13-15(20)12-24-16-6-4-3-5-7-16/h2-9,15,20H,1,10-13H2. The average Bonchev–Trinajstić information content (AvgIpc) is 2.63. The second kappa shape index (κ2) is 11.6. The number of rotatable bonds is 11. The van der Waals surface area contributed by atoms with Crippen LogP contribution in [0.5, 0.6) is 5.75 Å². The van der Waals surface area contributed by atoms with Gasteiger partial charge in [-0.05, 0) is 18.2 Å². The van der Waals surface area contributed by atoms with E-state index in [1.165, 1.54) is 0 Å². The van der Waals surface area contributed by atoms with Crippen LogP contribution in [0.4, 0.5) is 0 Å². The minimum Gasteiger partial charge on any atom is -0.491 e. The van der Waals surface area contributed by atoms with Crippen molar-refractivity contribution in [1.29, 1.82) is 0 Å². The Morgan fingerprint density at radius 1 is 1.04 bits per heavy atom. The van der Waals surface area contributed by atoms with Crippen LogP contribution in [0.3, 0.4) is 0 Å². The molecule has 0 aliphatic carbocycles. The molecule has 1 unspecified atom stereocenters. The maximum Gasteiger partial charge on any atom is 0.331 e. The van der Waals surface area contributed by atoms with E-state index in [-0.39, 0.29) is 32.0 Å². The number of hydrogen-bond acceptors (Lipinski definition) is 7. The highest BCUT2D eigenvalue weighted by atomic mass is 16.5. The van der Waals surface area contributed by atoms with Crippen molar-refractivity contribution in [2.24, 2.45) is 0 Å². The van der Waals surface area contributed by atoms with Gasteiger partial charge in [-0.3, -0.25) is 4.79 Å². The molecular weight excluding hydrogens is 328 g/mol. The molecule has 0 bridgehead atoms. The van der Waals surface area contributed by atoms with Crippen molar-refractivity contribution in [2.75, 3.05) is 19.8 Å². The minimum atomic E-state index is -1.01. The maximum atomic E-state index is 11.4. The summed E-state index contributed by atoms with van der Waals surface area (Å²) in [6.07, 6.45) is 1.92. The van der Waals surface area contributed by atoms with Gasteiger partial charge in [-0.15, -0.1) is 0 Å². The lowest BCUT2D eigenvalue weighted by molar-refractivity contribution is -0.142. The average molecular weight is 348 g/mol.